The van der Waals surface area contributed by atoms with Gasteiger partial charge in [-0.15, -0.1) is 0 Å². The number of hydrogen-bond acceptors (Lipinski definition) is 4. The third-order valence-electron chi connectivity index (χ3n) is 4.14. The summed E-state index contributed by atoms with van der Waals surface area (Å²) in [7, 11) is 0. The van der Waals surface area contributed by atoms with Crippen molar-refractivity contribution in [3.63, 3.8) is 0 Å². The van der Waals surface area contributed by atoms with Gasteiger partial charge in [0.15, 0.2) is 6.10 Å². The number of alkyl carbamates (subject to hydrolysis) is 1. The fourth-order valence-corrected chi connectivity index (χ4v) is 2.49. The van der Waals surface area contributed by atoms with Crippen molar-refractivity contribution in [1.29, 1.82) is 0 Å². The molecule has 0 aliphatic rings. The lowest BCUT2D eigenvalue weighted by atomic mass is 9.96. The second-order valence-electron chi connectivity index (χ2n) is 7.19. The van der Waals surface area contributed by atoms with Crippen LogP contribution in [0.25, 0.3) is 0 Å². The fraction of sp³-hybridized carbons (Fsp3) is 0.579. The Morgan fingerprint density at radius 2 is 1.61 bits per heavy atom. The van der Waals surface area contributed by atoms with Crippen LogP contribution < -0.4 is 10.6 Å². The number of hydrogen-bond donors (Lipinski definition) is 3. The highest BCUT2D eigenvalue weighted by Crippen LogP contribution is 2.25. The summed E-state index contributed by atoms with van der Waals surface area (Å²) in [5, 5.41) is 14.1. The van der Waals surface area contributed by atoms with Crippen molar-refractivity contribution in [3.8, 4) is 0 Å². The van der Waals surface area contributed by atoms with E-state index in [-0.39, 0.29) is 6.61 Å². The molecular formula is C19H27F3N2O4. The fourth-order valence-electron chi connectivity index (χ4n) is 2.49. The summed E-state index contributed by atoms with van der Waals surface area (Å²) in [4.78, 5) is 24.5. The van der Waals surface area contributed by atoms with Gasteiger partial charge in [-0.2, -0.15) is 13.2 Å². The number of rotatable bonds is 8. The molecule has 0 saturated heterocycles. The topological polar surface area (TPSA) is 87.7 Å². The minimum absolute atomic E-state index is 0.0134. The van der Waals surface area contributed by atoms with Crippen LogP contribution in [0.2, 0.25) is 0 Å². The van der Waals surface area contributed by atoms with Gasteiger partial charge >= 0.3 is 12.3 Å². The molecule has 0 aliphatic carbocycles. The third-order valence-corrected chi connectivity index (χ3v) is 4.14. The molecule has 1 aromatic rings. The number of carbonyl (C=O) groups excluding carboxylic acids is 2. The minimum Gasteiger partial charge on any atom is -0.445 e. The average molecular weight is 404 g/mol. The molecule has 3 atom stereocenters. The smallest absolute Gasteiger partial charge is 0.416 e. The van der Waals surface area contributed by atoms with Gasteiger partial charge in [0.25, 0.3) is 0 Å². The summed E-state index contributed by atoms with van der Waals surface area (Å²) in [5.74, 6) is -1.92. The van der Waals surface area contributed by atoms with E-state index in [0.717, 1.165) is 5.56 Å². The van der Waals surface area contributed by atoms with Crippen LogP contribution in [0, 0.1) is 11.8 Å². The molecule has 6 nitrogen and oxygen atoms in total. The first-order valence-electron chi connectivity index (χ1n) is 8.95. The Bertz CT molecular complexity index is 636. The first-order valence-corrected chi connectivity index (χ1v) is 8.95. The van der Waals surface area contributed by atoms with Crippen molar-refractivity contribution in [2.75, 3.05) is 0 Å². The molecule has 0 fully saturated rings. The predicted molar refractivity (Wildman–Crippen MR) is 97.2 cm³/mol. The van der Waals surface area contributed by atoms with Crippen LogP contribution >= 0.6 is 0 Å². The quantitative estimate of drug-likeness (QED) is 0.622. The molecule has 2 amide bonds. The molecule has 0 spiro atoms. The second kappa shape index (κ2) is 10.3. The Morgan fingerprint density at radius 3 is 2.07 bits per heavy atom. The number of aliphatic hydroxyl groups excluding tert-OH is 1. The number of halogens is 3. The molecule has 0 aromatic heterocycles. The molecule has 9 heteroatoms. The molecule has 0 radical (unpaired) electrons. The maximum Gasteiger partial charge on any atom is 0.416 e. The molecule has 0 saturated carbocycles. The number of amides is 2. The van der Waals surface area contributed by atoms with Crippen molar-refractivity contribution in [2.24, 2.45) is 11.8 Å². The van der Waals surface area contributed by atoms with Crippen LogP contribution in [-0.2, 0) is 16.1 Å². The standard InChI is InChI=1S/C19H27F3N2O4/c1-11(2)14(16(25)19(20,21)22)23-17(26)15(12(3)4)24-18(27)28-10-13-8-6-5-7-9-13/h5-9,11-12,14-16,25H,10H2,1-4H3,(H,23,26)(H,24,27)/t14-,15+,16+/m1/s1. The number of carbonyl (C=O) groups is 2. The summed E-state index contributed by atoms with van der Waals surface area (Å²) < 4.78 is 43.6. The van der Waals surface area contributed by atoms with Crippen LogP contribution in [0.1, 0.15) is 33.3 Å². The van der Waals surface area contributed by atoms with E-state index in [2.05, 4.69) is 10.6 Å². The Hall–Kier alpha value is -2.29. The van der Waals surface area contributed by atoms with Gasteiger partial charge in [0.2, 0.25) is 5.91 Å². The predicted octanol–water partition coefficient (Wildman–Crippen LogP) is 3.00. The summed E-state index contributed by atoms with van der Waals surface area (Å²) in [6.45, 7) is 6.15. The van der Waals surface area contributed by atoms with E-state index < -0.39 is 48.2 Å². The number of aliphatic hydroxyl groups is 1. The lowest BCUT2D eigenvalue weighted by molar-refractivity contribution is -0.215. The van der Waals surface area contributed by atoms with Crippen LogP contribution in [0.15, 0.2) is 30.3 Å². The van der Waals surface area contributed by atoms with Crippen molar-refractivity contribution < 1.29 is 32.6 Å². The van der Waals surface area contributed by atoms with Crippen molar-refractivity contribution in [3.05, 3.63) is 35.9 Å². The van der Waals surface area contributed by atoms with Crippen molar-refractivity contribution in [1.82, 2.24) is 10.6 Å². The zero-order chi connectivity index (χ0) is 21.5. The Labute approximate surface area is 162 Å². The first-order chi connectivity index (χ1) is 12.9. The summed E-state index contributed by atoms with van der Waals surface area (Å²) in [6.07, 6.45) is -8.46. The zero-order valence-electron chi connectivity index (χ0n) is 16.3. The number of benzene rings is 1. The Balaban J connectivity index is 2.75. The molecule has 0 unspecified atom stereocenters. The van der Waals surface area contributed by atoms with Crippen molar-refractivity contribution in [2.45, 2.75) is 58.7 Å². The third kappa shape index (κ3) is 7.38. The van der Waals surface area contributed by atoms with E-state index in [9.17, 15) is 27.9 Å². The van der Waals surface area contributed by atoms with E-state index in [1.807, 2.05) is 6.07 Å². The molecule has 0 bridgehead atoms. The maximum absolute atomic E-state index is 12.9. The van der Waals surface area contributed by atoms with Crippen LogP contribution in [0.4, 0.5) is 18.0 Å². The van der Waals surface area contributed by atoms with Crippen LogP contribution in [0.5, 0.6) is 0 Å². The molecule has 28 heavy (non-hydrogen) atoms. The highest BCUT2D eigenvalue weighted by Gasteiger charge is 2.45. The van der Waals surface area contributed by atoms with E-state index in [1.165, 1.54) is 13.8 Å². The summed E-state index contributed by atoms with van der Waals surface area (Å²) >= 11 is 0. The SMILES string of the molecule is CC(C)[C@H](NC(=O)OCc1ccccc1)C(=O)N[C@H](C(C)C)[C@H](O)C(F)(F)F. The van der Waals surface area contributed by atoms with Gasteiger partial charge in [-0.3, -0.25) is 4.79 Å². The average Bonchev–Trinajstić information content (AvgIpc) is 2.61. The van der Waals surface area contributed by atoms with Gasteiger partial charge < -0.3 is 20.5 Å². The second-order valence-corrected chi connectivity index (χ2v) is 7.19. The zero-order valence-corrected chi connectivity index (χ0v) is 16.3. The lowest BCUT2D eigenvalue weighted by Gasteiger charge is -2.31. The Morgan fingerprint density at radius 1 is 1.04 bits per heavy atom. The highest BCUT2D eigenvalue weighted by molar-refractivity contribution is 5.86. The number of ether oxygens (including phenoxy) is 1. The lowest BCUT2D eigenvalue weighted by Crippen LogP contribution is -2.58. The molecule has 3 N–H and O–H groups in total. The first kappa shape index (κ1) is 23.7. The molecule has 1 aromatic carbocycles. The molecule has 1 rings (SSSR count). The van der Waals surface area contributed by atoms with E-state index in [4.69, 9.17) is 4.74 Å². The normalized spacial score (nSPS) is 15.1. The minimum atomic E-state index is -4.88. The van der Waals surface area contributed by atoms with Gasteiger partial charge in [0, 0.05) is 0 Å². The summed E-state index contributed by atoms with van der Waals surface area (Å²) in [5.41, 5.74) is 0.747. The number of nitrogens with one attached hydrogen (secondary N) is 2. The van der Waals surface area contributed by atoms with Gasteiger partial charge in [0.05, 0.1) is 6.04 Å². The van der Waals surface area contributed by atoms with E-state index >= 15 is 0 Å². The van der Waals surface area contributed by atoms with Crippen LogP contribution in [-0.4, -0.2) is 41.5 Å². The van der Waals surface area contributed by atoms with Gasteiger partial charge in [0.1, 0.15) is 12.6 Å². The molecule has 0 heterocycles. The maximum atomic E-state index is 12.9. The monoisotopic (exact) mass is 404 g/mol. The van der Waals surface area contributed by atoms with Crippen LogP contribution in [0.3, 0.4) is 0 Å². The van der Waals surface area contributed by atoms with E-state index in [1.54, 1.807) is 38.1 Å². The highest BCUT2D eigenvalue weighted by atomic mass is 19.4. The molecule has 158 valence electrons. The molecular weight excluding hydrogens is 377 g/mol. The van der Waals surface area contributed by atoms with Gasteiger partial charge in [-0.05, 0) is 17.4 Å². The largest absolute Gasteiger partial charge is 0.445 e. The van der Waals surface area contributed by atoms with Gasteiger partial charge in [-0.1, -0.05) is 58.0 Å². The summed E-state index contributed by atoms with van der Waals surface area (Å²) in [6, 6.07) is 6.21. The molecule has 0 aliphatic heterocycles. The van der Waals surface area contributed by atoms with Gasteiger partial charge in [-0.25, -0.2) is 4.79 Å². The van der Waals surface area contributed by atoms with E-state index in [0.29, 0.717) is 0 Å². The number of alkyl halides is 3. The Kier molecular flexibility index (Phi) is 8.74. The van der Waals surface area contributed by atoms with Crippen molar-refractivity contribution >= 4 is 12.0 Å².